The SMILES string of the molecule is CCCCCCCCCCOCC(COC(=O)CCCCCCC)OC(=O)CCCCCCC. The average molecular weight is 485 g/mol. The van der Waals surface area contributed by atoms with Gasteiger partial charge in [0, 0.05) is 19.4 Å². The van der Waals surface area contributed by atoms with Crippen molar-refractivity contribution >= 4 is 11.9 Å². The van der Waals surface area contributed by atoms with E-state index in [1.54, 1.807) is 0 Å². The Morgan fingerprint density at radius 2 is 0.971 bits per heavy atom. The summed E-state index contributed by atoms with van der Waals surface area (Å²) in [5.74, 6) is -0.423. The molecule has 0 spiro atoms. The smallest absolute Gasteiger partial charge is 0.306 e. The molecule has 5 heteroatoms. The molecule has 0 aliphatic heterocycles. The normalized spacial score (nSPS) is 12.0. The largest absolute Gasteiger partial charge is 0.462 e. The zero-order chi connectivity index (χ0) is 25.1. The van der Waals surface area contributed by atoms with Gasteiger partial charge in [-0.1, -0.05) is 117 Å². The van der Waals surface area contributed by atoms with Gasteiger partial charge in [0.2, 0.25) is 0 Å². The van der Waals surface area contributed by atoms with Crippen LogP contribution in [0.25, 0.3) is 0 Å². The Kier molecular flexibility index (Phi) is 25.6. The van der Waals surface area contributed by atoms with Crippen molar-refractivity contribution < 1.29 is 23.8 Å². The molecule has 202 valence electrons. The van der Waals surface area contributed by atoms with E-state index in [0.29, 0.717) is 26.1 Å². The molecule has 0 aliphatic carbocycles. The van der Waals surface area contributed by atoms with Crippen LogP contribution in [-0.4, -0.2) is 37.9 Å². The molecule has 0 saturated heterocycles. The summed E-state index contributed by atoms with van der Waals surface area (Å²) in [6, 6.07) is 0. The lowest BCUT2D eigenvalue weighted by Crippen LogP contribution is -2.30. The Balaban J connectivity index is 4.16. The zero-order valence-electron chi connectivity index (χ0n) is 22.9. The maximum Gasteiger partial charge on any atom is 0.306 e. The van der Waals surface area contributed by atoms with Gasteiger partial charge in [0.15, 0.2) is 6.10 Å². The molecule has 0 aromatic rings. The number of ether oxygens (including phenoxy) is 3. The second-order valence-corrected chi connectivity index (χ2v) is 9.67. The van der Waals surface area contributed by atoms with Gasteiger partial charge < -0.3 is 14.2 Å². The molecule has 5 nitrogen and oxygen atoms in total. The van der Waals surface area contributed by atoms with E-state index in [1.165, 1.54) is 70.6 Å². The van der Waals surface area contributed by atoms with Crippen LogP contribution in [0.4, 0.5) is 0 Å². The Bertz CT molecular complexity index is 452. The highest BCUT2D eigenvalue weighted by molar-refractivity contribution is 5.70. The number of hydrogen-bond donors (Lipinski definition) is 0. The van der Waals surface area contributed by atoms with Crippen LogP contribution in [0.1, 0.15) is 149 Å². The molecule has 0 saturated carbocycles. The Labute approximate surface area is 211 Å². The minimum atomic E-state index is -0.513. The van der Waals surface area contributed by atoms with Gasteiger partial charge in [-0.2, -0.15) is 0 Å². The summed E-state index contributed by atoms with van der Waals surface area (Å²) >= 11 is 0. The van der Waals surface area contributed by atoms with Crippen LogP contribution in [-0.2, 0) is 23.8 Å². The molecule has 0 N–H and O–H groups in total. The molecule has 0 bridgehead atoms. The first kappa shape index (κ1) is 32.9. The standard InChI is InChI=1S/C29H56O5/c1-4-7-10-13-14-15-18-21-24-32-25-27(34-29(31)23-20-17-12-9-6-3)26-33-28(30)22-19-16-11-8-5-2/h27H,4-26H2,1-3H3. The maximum atomic E-state index is 12.3. The minimum Gasteiger partial charge on any atom is -0.462 e. The molecule has 0 amide bonds. The van der Waals surface area contributed by atoms with Gasteiger partial charge >= 0.3 is 11.9 Å². The fourth-order valence-corrected chi connectivity index (χ4v) is 3.92. The lowest BCUT2D eigenvalue weighted by Gasteiger charge is -2.18. The van der Waals surface area contributed by atoms with Crippen molar-refractivity contribution in [2.45, 2.75) is 155 Å². The first-order valence-electron chi connectivity index (χ1n) is 14.6. The predicted molar refractivity (Wildman–Crippen MR) is 141 cm³/mol. The van der Waals surface area contributed by atoms with Crippen molar-refractivity contribution in [3.05, 3.63) is 0 Å². The van der Waals surface area contributed by atoms with Crippen LogP contribution in [0.15, 0.2) is 0 Å². The number of hydrogen-bond acceptors (Lipinski definition) is 5. The molecule has 0 aromatic carbocycles. The third-order valence-corrected chi connectivity index (χ3v) is 6.14. The predicted octanol–water partition coefficient (Wildman–Crippen LogP) is 8.32. The van der Waals surface area contributed by atoms with E-state index in [1.807, 2.05) is 0 Å². The molecular formula is C29H56O5. The molecule has 0 rings (SSSR count). The van der Waals surface area contributed by atoms with Crippen LogP contribution in [0.5, 0.6) is 0 Å². The molecule has 0 aliphatic rings. The van der Waals surface area contributed by atoms with Gasteiger partial charge in [0.05, 0.1) is 6.61 Å². The number of unbranched alkanes of at least 4 members (excludes halogenated alkanes) is 15. The van der Waals surface area contributed by atoms with Crippen molar-refractivity contribution in [1.82, 2.24) is 0 Å². The highest BCUT2D eigenvalue weighted by atomic mass is 16.6. The van der Waals surface area contributed by atoms with Gasteiger partial charge in [-0.15, -0.1) is 0 Å². The van der Waals surface area contributed by atoms with E-state index in [2.05, 4.69) is 20.8 Å². The Morgan fingerprint density at radius 1 is 0.529 bits per heavy atom. The molecule has 0 fully saturated rings. The second kappa shape index (κ2) is 26.5. The fourth-order valence-electron chi connectivity index (χ4n) is 3.92. The topological polar surface area (TPSA) is 61.8 Å². The van der Waals surface area contributed by atoms with Crippen LogP contribution >= 0.6 is 0 Å². The third kappa shape index (κ3) is 24.0. The van der Waals surface area contributed by atoms with Gasteiger partial charge in [0.1, 0.15) is 6.61 Å². The number of carbonyl (C=O) groups is 2. The number of rotatable bonds is 26. The van der Waals surface area contributed by atoms with E-state index in [-0.39, 0.29) is 18.5 Å². The number of esters is 2. The quantitative estimate of drug-likeness (QED) is 0.0912. The third-order valence-electron chi connectivity index (χ3n) is 6.14. The fraction of sp³-hybridized carbons (Fsp3) is 0.931. The van der Waals surface area contributed by atoms with Crippen LogP contribution < -0.4 is 0 Å². The Morgan fingerprint density at radius 3 is 1.50 bits per heavy atom. The van der Waals surface area contributed by atoms with Gasteiger partial charge in [-0.05, 0) is 19.3 Å². The monoisotopic (exact) mass is 484 g/mol. The highest BCUT2D eigenvalue weighted by Gasteiger charge is 2.17. The summed E-state index contributed by atoms with van der Waals surface area (Å²) in [7, 11) is 0. The van der Waals surface area contributed by atoms with E-state index in [9.17, 15) is 9.59 Å². The summed E-state index contributed by atoms with van der Waals surface area (Å²) in [6.07, 6.45) is 21.3. The van der Waals surface area contributed by atoms with Crippen molar-refractivity contribution in [2.24, 2.45) is 0 Å². The van der Waals surface area contributed by atoms with Crippen LogP contribution in [0, 0.1) is 0 Å². The molecule has 0 radical (unpaired) electrons. The summed E-state index contributed by atoms with van der Waals surface area (Å²) in [6.45, 7) is 7.64. The highest BCUT2D eigenvalue weighted by Crippen LogP contribution is 2.11. The van der Waals surface area contributed by atoms with Crippen molar-refractivity contribution in [1.29, 1.82) is 0 Å². The molecule has 1 atom stereocenters. The Hall–Kier alpha value is -1.10. The summed E-state index contributed by atoms with van der Waals surface area (Å²) in [5, 5.41) is 0. The van der Waals surface area contributed by atoms with Gasteiger partial charge in [-0.25, -0.2) is 0 Å². The second-order valence-electron chi connectivity index (χ2n) is 9.67. The minimum absolute atomic E-state index is 0.0901. The summed E-state index contributed by atoms with van der Waals surface area (Å²) in [4.78, 5) is 24.3. The lowest BCUT2D eigenvalue weighted by atomic mass is 10.1. The lowest BCUT2D eigenvalue weighted by molar-refractivity contribution is -0.163. The molecule has 0 aromatic heterocycles. The molecule has 34 heavy (non-hydrogen) atoms. The van der Waals surface area contributed by atoms with E-state index in [0.717, 1.165) is 44.9 Å². The zero-order valence-corrected chi connectivity index (χ0v) is 22.9. The summed E-state index contributed by atoms with van der Waals surface area (Å²) < 4.78 is 16.8. The molecule has 0 heterocycles. The van der Waals surface area contributed by atoms with E-state index >= 15 is 0 Å². The number of carbonyl (C=O) groups excluding carboxylic acids is 2. The van der Waals surface area contributed by atoms with Crippen molar-refractivity contribution in [2.75, 3.05) is 19.8 Å². The first-order valence-corrected chi connectivity index (χ1v) is 14.6. The first-order chi connectivity index (χ1) is 16.6. The molecule has 1 unspecified atom stereocenters. The van der Waals surface area contributed by atoms with Gasteiger partial charge in [-0.3, -0.25) is 9.59 Å². The van der Waals surface area contributed by atoms with Crippen molar-refractivity contribution in [3.63, 3.8) is 0 Å². The summed E-state index contributed by atoms with van der Waals surface area (Å²) in [5.41, 5.74) is 0. The van der Waals surface area contributed by atoms with Crippen molar-refractivity contribution in [3.8, 4) is 0 Å². The van der Waals surface area contributed by atoms with Crippen LogP contribution in [0.3, 0.4) is 0 Å². The van der Waals surface area contributed by atoms with E-state index in [4.69, 9.17) is 14.2 Å². The van der Waals surface area contributed by atoms with Gasteiger partial charge in [0.25, 0.3) is 0 Å². The van der Waals surface area contributed by atoms with Crippen LogP contribution in [0.2, 0.25) is 0 Å². The average Bonchev–Trinajstić information content (AvgIpc) is 2.83. The maximum absolute atomic E-state index is 12.3. The molecular weight excluding hydrogens is 428 g/mol. The van der Waals surface area contributed by atoms with E-state index < -0.39 is 6.10 Å².